The van der Waals surface area contributed by atoms with E-state index in [-0.39, 0.29) is 6.61 Å². The maximum absolute atomic E-state index is 10.1. The van der Waals surface area contributed by atoms with Gasteiger partial charge in [-0.25, -0.2) is 4.68 Å². The molecule has 0 radical (unpaired) electrons. The van der Waals surface area contributed by atoms with E-state index in [1.807, 2.05) is 0 Å². The summed E-state index contributed by atoms with van der Waals surface area (Å²) >= 11 is 1.32. The molecular formula is C9H15N3O4S. The smallest absolute Gasteiger partial charge is 0.131 e. The molecule has 1 aliphatic heterocycles. The van der Waals surface area contributed by atoms with Crippen molar-refractivity contribution < 1.29 is 20.1 Å². The highest BCUT2D eigenvalue weighted by Gasteiger charge is 2.45. The molecule has 5 atom stereocenters. The normalized spacial score (nSPS) is 38.2. The van der Waals surface area contributed by atoms with E-state index in [1.54, 1.807) is 12.5 Å². The molecule has 0 spiro atoms. The minimum absolute atomic E-state index is 0.309. The molecule has 8 heteroatoms. The number of hydrogen-bond donors (Lipinski definition) is 3. The monoisotopic (exact) mass is 261 g/mol. The molecule has 0 saturated carbocycles. The van der Waals surface area contributed by atoms with Gasteiger partial charge in [0.25, 0.3) is 0 Å². The number of thioether (sulfide) groups is 1. The molecule has 0 amide bonds. The van der Waals surface area contributed by atoms with Crippen molar-refractivity contribution in [3.05, 3.63) is 12.4 Å². The predicted molar refractivity (Wildman–Crippen MR) is 60.3 cm³/mol. The number of nitrogens with zero attached hydrogens (tertiary/aromatic N) is 3. The van der Waals surface area contributed by atoms with Crippen LogP contribution in [0, 0.1) is 0 Å². The summed E-state index contributed by atoms with van der Waals surface area (Å²) in [5.41, 5.74) is -0.509. The van der Waals surface area contributed by atoms with Gasteiger partial charge in [0, 0.05) is 6.20 Å². The van der Waals surface area contributed by atoms with Crippen LogP contribution >= 0.6 is 11.8 Å². The topological polar surface area (TPSA) is 101 Å². The summed E-state index contributed by atoms with van der Waals surface area (Å²) in [6, 6.07) is -0.666. The van der Waals surface area contributed by atoms with Crippen LogP contribution in [0.2, 0.25) is 0 Å². The molecule has 1 aromatic rings. The second kappa shape index (κ2) is 5.32. The average Bonchev–Trinajstić information content (AvgIpc) is 2.83. The van der Waals surface area contributed by atoms with E-state index in [0.29, 0.717) is 0 Å². The van der Waals surface area contributed by atoms with Crippen molar-refractivity contribution in [3.8, 4) is 0 Å². The summed E-state index contributed by atoms with van der Waals surface area (Å²) in [4.78, 5) is 0. The molecule has 0 bridgehead atoms. The van der Waals surface area contributed by atoms with E-state index >= 15 is 0 Å². The van der Waals surface area contributed by atoms with Crippen molar-refractivity contribution >= 4 is 11.8 Å². The summed E-state index contributed by atoms with van der Waals surface area (Å²) in [6.07, 6.45) is 2.15. The van der Waals surface area contributed by atoms with Gasteiger partial charge >= 0.3 is 0 Å². The third-order valence-corrected chi connectivity index (χ3v) is 3.68. The third kappa shape index (κ3) is 2.31. The van der Waals surface area contributed by atoms with E-state index in [4.69, 9.17) is 9.84 Å². The molecule has 2 heterocycles. The van der Waals surface area contributed by atoms with Gasteiger partial charge < -0.3 is 20.1 Å². The first-order valence-electron chi connectivity index (χ1n) is 5.20. The SMILES string of the molecule is CS[C@@H]1OC(CO)[C@H](O)C(n2ccnn2)C1O. The summed E-state index contributed by atoms with van der Waals surface area (Å²) < 4.78 is 6.78. The lowest BCUT2D eigenvalue weighted by molar-refractivity contribution is -0.178. The molecule has 0 aliphatic carbocycles. The van der Waals surface area contributed by atoms with E-state index in [2.05, 4.69) is 10.3 Å². The van der Waals surface area contributed by atoms with Crippen molar-refractivity contribution in [2.45, 2.75) is 29.8 Å². The number of aliphatic hydroxyl groups excluding tert-OH is 3. The lowest BCUT2D eigenvalue weighted by Gasteiger charge is -2.41. The Bertz CT molecular complexity index is 334. The predicted octanol–water partition coefficient (Wildman–Crippen LogP) is -1.38. The number of hydrogen-bond acceptors (Lipinski definition) is 7. The van der Waals surface area contributed by atoms with Crippen LogP contribution in [0.3, 0.4) is 0 Å². The Labute approximate surface area is 102 Å². The fraction of sp³-hybridized carbons (Fsp3) is 0.778. The second-order valence-corrected chi connectivity index (χ2v) is 4.75. The molecule has 2 rings (SSSR count). The van der Waals surface area contributed by atoms with Crippen molar-refractivity contribution in [1.82, 2.24) is 15.0 Å². The maximum Gasteiger partial charge on any atom is 0.131 e. The van der Waals surface area contributed by atoms with Crippen molar-refractivity contribution in [2.24, 2.45) is 0 Å². The Morgan fingerprint density at radius 3 is 2.71 bits per heavy atom. The minimum atomic E-state index is -1.03. The van der Waals surface area contributed by atoms with Crippen LogP contribution in [-0.2, 0) is 4.74 Å². The molecule has 1 fully saturated rings. The van der Waals surface area contributed by atoms with Crippen LogP contribution in [-0.4, -0.2) is 66.9 Å². The van der Waals surface area contributed by atoms with Crippen LogP contribution in [0.25, 0.3) is 0 Å². The van der Waals surface area contributed by atoms with Crippen molar-refractivity contribution in [2.75, 3.05) is 12.9 Å². The first kappa shape index (κ1) is 12.8. The highest BCUT2D eigenvalue weighted by molar-refractivity contribution is 7.99. The van der Waals surface area contributed by atoms with Gasteiger partial charge in [0.1, 0.15) is 29.8 Å². The Morgan fingerprint density at radius 1 is 1.41 bits per heavy atom. The Hall–Kier alpha value is -0.670. The summed E-state index contributed by atoms with van der Waals surface area (Å²) in [5.74, 6) is 0. The van der Waals surface area contributed by atoms with E-state index < -0.39 is 29.8 Å². The zero-order chi connectivity index (χ0) is 12.4. The van der Waals surface area contributed by atoms with E-state index in [0.717, 1.165) is 0 Å². The number of aliphatic hydroxyl groups is 3. The maximum atomic E-state index is 10.1. The molecule has 1 aliphatic rings. The summed E-state index contributed by atoms with van der Waals surface area (Å²) in [5, 5.41) is 36.7. The largest absolute Gasteiger partial charge is 0.394 e. The second-order valence-electron chi connectivity index (χ2n) is 3.82. The zero-order valence-electron chi connectivity index (χ0n) is 9.25. The van der Waals surface area contributed by atoms with Crippen molar-refractivity contribution in [1.29, 1.82) is 0 Å². The molecule has 3 N–H and O–H groups in total. The highest BCUT2D eigenvalue weighted by atomic mass is 32.2. The van der Waals surface area contributed by atoms with E-state index in [1.165, 1.54) is 22.6 Å². The number of rotatable bonds is 3. The van der Waals surface area contributed by atoms with Crippen LogP contribution in [0.15, 0.2) is 12.4 Å². The molecular weight excluding hydrogens is 246 g/mol. The molecule has 7 nitrogen and oxygen atoms in total. The average molecular weight is 261 g/mol. The van der Waals surface area contributed by atoms with Crippen molar-refractivity contribution in [3.63, 3.8) is 0 Å². The zero-order valence-corrected chi connectivity index (χ0v) is 10.1. The number of aromatic nitrogens is 3. The third-order valence-electron chi connectivity index (χ3n) is 2.83. The van der Waals surface area contributed by atoms with Gasteiger partial charge in [0.05, 0.1) is 12.8 Å². The van der Waals surface area contributed by atoms with Crippen LogP contribution < -0.4 is 0 Å². The standard InChI is InChI=1S/C9H15N3O4S/c1-17-9-8(15)6(12-3-2-10-11-12)7(14)5(4-13)16-9/h2-3,5-9,13-15H,4H2,1H3/t5?,6?,7-,8?,9-/m0/s1. The Kier molecular flexibility index (Phi) is 4.00. The molecule has 3 unspecified atom stereocenters. The molecule has 96 valence electrons. The van der Waals surface area contributed by atoms with Gasteiger partial charge in [-0.05, 0) is 6.26 Å². The minimum Gasteiger partial charge on any atom is -0.394 e. The van der Waals surface area contributed by atoms with Crippen LogP contribution in [0.5, 0.6) is 0 Å². The van der Waals surface area contributed by atoms with Gasteiger partial charge in [0.15, 0.2) is 0 Å². The van der Waals surface area contributed by atoms with E-state index in [9.17, 15) is 10.2 Å². The molecule has 1 saturated heterocycles. The summed E-state index contributed by atoms with van der Waals surface area (Å²) in [6.45, 7) is -0.309. The lowest BCUT2D eigenvalue weighted by Crippen LogP contribution is -2.54. The van der Waals surface area contributed by atoms with Gasteiger partial charge in [-0.2, -0.15) is 0 Å². The van der Waals surface area contributed by atoms with Gasteiger partial charge in [0.2, 0.25) is 0 Å². The first-order valence-corrected chi connectivity index (χ1v) is 6.49. The molecule has 0 aromatic carbocycles. The fourth-order valence-corrected chi connectivity index (χ4v) is 2.65. The Balaban J connectivity index is 2.26. The molecule has 17 heavy (non-hydrogen) atoms. The Morgan fingerprint density at radius 2 is 2.18 bits per heavy atom. The van der Waals surface area contributed by atoms with Gasteiger partial charge in [-0.15, -0.1) is 16.9 Å². The number of ether oxygens (including phenoxy) is 1. The van der Waals surface area contributed by atoms with Gasteiger partial charge in [-0.3, -0.25) is 0 Å². The quantitative estimate of drug-likeness (QED) is 0.616. The first-order chi connectivity index (χ1) is 8.19. The highest BCUT2D eigenvalue weighted by Crippen LogP contribution is 2.33. The van der Waals surface area contributed by atoms with Crippen LogP contribution in [0.1, 0.15) is 6.04 Å². The van der Waals surface area contributed by atoms with Crippen LogP contribution in [0.4, 0.5) is 0 Å². The lowest BCUT2D eigenvalue weighted by atomic mass is 9.97. The summed E-state index contributed by atoms with van der Waals surface area (Å²) in [7, 11) is 0. The van der Waals surface area contributed by atoms with Gasteiger partial charge in [-0.1, -0.05) is 5.21 Å². The fourth-order valence-electron chi connectivity index (χ4n) is 1.95. The molecule has 1 aromatic heterocycles.